The van der Waals surface area contributed by atoms with Crippen molar-refractivity contribution in [3.8, 4) is 5.75 Å². The summed E-state index contributed by atoms with van der Waals surface area (Å²) in [5, 5.41) is 13.2. The molecule has 2 N–H and O–H groups in total. The topological polar surface area (TPSA) is 41.5 Å². The number of hydrogen-bond donors (Lipinski definition) is 2. The number of benzene rings is 1. The highest BCUT2D eigenvalue weighted by Gasteiger charge is 2.31. The Morgan fingerprint density at radius 3 is 2.58 bits per heavy atom. The smallest absolute Gasteiger partial charge is 0.119 e. The van der Waals surface area contributed by atoms with Gasteiger partial charge in [0.1, 0.15) is 5.75 Å². The summed E-state index contributed by atoms with van der Waals surface area (Å²) in [6, 6.07) is 6.07. The molecule has 0 atom stereocenters. The molecule has 0 saturated heterocycles. The van der Waals surface area contributed by atoms with Crippen molar-refractivity contribution in [3.05, 3.63) is 23.8 Å². The Hall–Kier alpha value is -1.22. The average Bonchev–Trinajstić information content (AvgIpc) is 2.47. The molecule has 0 aromatic heterocycles. The maximum atomic E-state index is 9.71. The summed E-state index contributed by atoms with van der Waals surface area (Å²) >= 11 is 0. The zero-order valence-electron chi connectivity index (χ0n) is 12.0. The number of methoxy groups -OCH3 is 1. The Morgan fingerprint density at radius 1 is 1.26 bits per heavy atom. The Bertz CT molecular complexity index is 411. The number of hydrogen-bond acceptors (Lipinski definition) is 3. The molecule has 0 spiro atoms. The molecule has 1 aromatic carbocycles. The Balaban J connectivity index is 2.01. The summed E-state index contributed by atoms with van der Waals surface area (Å²) in [6.45, 7) is 3.23. The molecule has 1 aliphatic carbocycles. The second-order valence-electron chi connectivity index (χ2n) is 5.75. The van der Waals surface area contributed by atoms with Crippen LogP contribution >= 0.6 is 0 Å². The molecule has 0 aliphatic heterocycles. The van der Waals surface area contributed by atoms with E-state index >= 15 is 0 Å². The molecule has 0 bridgehead atoms. The number of aliphatic hydroxyl groups is 1. The van der Waals surface area contributed by atoms with Gasteiger partial charge in [-0.05, 0) is 43.5 Å². The van der Waals surface area contributed by atoms with Crippen LogP contribution < -0.4 is 10.1 Å². The number of nitrogens with one attached hydrogen (secondary N) is 1. The molecular formula is C16H25NO2. The standard InChI is InChI=1S/C16H25NO2/c1-13-10-14(19-2)6-7-15(13)17-11-16(12-18)8-4-3-5-9-16/h6-7,10,17-18H,3-5,8-9,11-12H2,1-2H3. The van der Waals surface area contributed by atoms with Crippen molar-refractivity contribution in [2.24, 2.45) is 5.41 Å². The minimum atomic E-state index is 0.0740. The highest BCUT2D eigenvalue weighted by molar-refractivity contribution is 5.53. The lowest BCUT2D eigenvalue weighted by Crippen LogP contribution is -2.35. The van der Waals surface area contributed by atoms with Crippen molar-refractivity contribution in [1.29, 1.82) is 0 Å². The van der Waals surface area contributed by atoms with Gasteiger partial charge < -0.3 is 15.2 Å². The molecule has 106 valence electrons. The van der Waals surface area contributed by atoms with Crippen LogP contribution in [0.1, 0.15) is 37.7 Å². The fourth-order valence-electron chi connectivity index (χ4n) is 2.94. The Labute approximate surface area is 116 Å². The van der Waals surface area contributed by atoms with Crippen LogP contribution in [0.2, 0.25) is 0 Å². The maximum Gasteiger partial charge on any atom is 0.119 e. The van der Waals surface area contributed by atoms with Crippen molar-refractivity contribution >= 4 is 5.69 Å². The second-order valence-corrected chi connectivity index (χ2v) is 5.75. The summed E-state index contributed by atoms with van der Waals surface area (Å²) < 4.78 is 5.22. The quantitative estimate of drug-likeness (QED) is 0.856. The van der Waals surface area contributed by atoms with Crippen LogP contribution in [0.5, 0.6) is 5.75 Å². The van der Waals surface area contributed by atoms with Gasteiger partial charge in [-0.1, -0.05) is 19.3 Å². The van der Waals surface area contributed by atoms with Gasteiger partial charge >= 0.3 is 0 Å². The molecule has 19 heavy (non-hydrogen) atoms. The third-order valence-corrected chi connectivity index (χ3v) is 4.34. The number of anilines is 1. The van der Waals surface area contributed by atoms with Crippen molar-refractivity contribution < 1.29 is 9.84 Å². The van der Waals surface area contributed by atoms with Gasteiger partial charge in [0, 0.05) is 17.6 Å². The van der Waals surface area contributed by atoms with E-state index in [1.54, 1.807) is 7.11 Å². The second kappa shape index (κ2) is 6.29. The highest BCUT2D eigenvalue weighted by Crippen LogP contribution is 2.36. The molecule has 2 rings (SSSR count). The fourth-order valence-corrected chi connectivity index (χ4v) is 2.94. The van der Waals surface area contributed by atoms with E-state index in [2.05, 4.69) is 18.3 Å². The minimum absolute atomic E-state index is 0.0740. The van der Waals surface area contributed by atoms with Crippen LogP contribution in [0, 0.1) is 12.3 Å². The summed E-state index contributed by atoms with van der Waals surface area (Å²) in [4.78, 5) is 0. The van der Waals surface area contributed by atoms with Gasteiger partial charge in [0.25, 0.3) is 0 Å². The van der Waals surface area contributed by atoms with Gasteiger partial charge in [0.15, 0.2) is 0 Å². The van der Waals surface area contributed by atoms with Crippen molar-refractivity contribution in [1.82, 2.24) is 0 Å². The molecule has 0 radical (unpaired) electrons. The maximum absolute atomic E-state index is 9.71. The van der Waals surface area contributed by atoms with E-state index in [-0.39, 0.29) is 12.0 Å². The summed E-state index contributed by atoms with van der Waals surface area (Å²) in [7, 11) is 1.69. The molecule has 3 nitrogen and oxygen atoms in total. The van der Waals surface area contributed by atoms with E-state index in [9.17, 15) is 5.11 Å². The summed E-state index contributed by atoms with van der Waals surface area (Å²) in [6.07, 6.45) is 6.05. The lowest BCUT2D eigenvalue weighted by atomic mass is 9.74. The molecule has 1 aliphatic rings. The van der Waals surface area contributed by atoms with E-state index < -0.39 is 0 Å². The van der Waals surface area contributed by atoms with Crippen LogP contribution in [0.4, 0.5) is 5.69 Å². The zero-order valence-corrected chi connectivity index (χ0v) is 12.0. The first-order chi connectivity index (χ1) is 9.19. The number of aryl methyl sites for hydroxylation is 1. The van der Waals surface area contributed by atoms with Crippen LogP contribution in [-0.4, -0.2) is 25.4 Å². The molecule has 0 amide bonds. The van der Waals surface area contributed by atoms with Crippen LogP contribution in [0.25, 0.3) is 0 Å². The monoisotopic (exact) mass is 263 g/mol. The first kappa shape index (κ1) is 14.2. The fraction of sp³-hybridized carbons (Fsp3) is 0.625. The van der Waals surface area contributed by atoms with Crippen LogP contribution in [0.3, 0.4) is 0 Å². The Kier molecular flexibility index (Phi) is 4.70. The molecule has 0 heterocycles. The Morgan fingerprint density at radius 2 is 2.00 bits per heavy atom. The lowest BCUT2D eigenvalue weighted by molar-refractivity contribution is 0.0944. The molecular weight excluding hydrogens is 238 g/mol. The van der Waals surface area contributed by atoms with Gasteiger partial charge in [-0.25, -0.2) is 0 Å². The zero-order chi connectivity index (χ0) is 13.7. The van der Waals surface area contributed by atoms with Crippen LogP contribution in [0.15, 0.2) is 18.2 Å². The lowest BCUT2D eigenvalue weighted by Gasteiger charge is -2.36. The molecule has 1 aromatic rings. The van der Waals surface area contributed by atoms with E-state index in [1.807, 2.05) is 12.1 Å². The average molecular weight is 263 g/mol. The van der Waals surface area contributed by atoms with E-state index in [0.29, 0.717) is 0 Å². The summed E-state index contributed by atoms with van der Waals surface area (Å²) in [5.41, 5.74) is 2.40. The predicted molar refractivity (Wildman–Crippen MR) is 78.8 cm³/mol. The molecule has 1 fully saturated rings. The van der Waals surface area contributed by atoms with Gasteiger partial charge in [0.2, 0.25) is 0 Å². The molecule has 1 saturated carbocycles. The predicted octanol–water partition coefficient (Wildman–Crippen LogP) is 3.36. The third-order valence-electron chi connectivity index (χ3n) is 4.34. The van der Waals surface area contributed by atoms with Gasteiger partial charge in [-0.2, -0.15) is 0 Å². The van der Waals surface area contributed by atoms with Gasteiger partial charge in [-0.15, -0.1) is 0 Å². The first-order valence-corrected chi connectivity index (χ1v) is 7.18. The van der Waals surface area contributed by atoms with Crippen LogP contribution in [-0.2, 0) is 0 Å². The minimum Gasteiger partial charge on any atom is -0.497 e. The van der Waals surface area contributed by atoms with Gasteiger partial charge in [-0.3, -0.25) is 0 Å². The molecule has 0 unspecified atom stereocenters. The SMILES string of the molecule is COc1ccc(NCC2(CO)CCCCC2)c(C)c1. The normalized spacial score (nSPS) is 18.1. The van der Waals surface area contributed by atoms with Crippen molar-refractivity contribution in [2.75, 3.05) is 25.6 Å². The summed E-state index contributed by atoms with van der Waals surface area (Å²) in [5.74, 6) is 0.887. The van der Waals surface area contributed by atoms with E-state index in [1.165, 1.54) is 24.8 Å². The largest absolute Gasteiger partial charge is 0.497 e. The molecule has 3 heteroatoms. The van der Waals surface area contributed by atoms with Crippen molar-refractivity contribution in [2.45, 2.75) is 39.0 Å². The first-order valence-electron chi connectivity index (χ1n) is 7.18. The highest BCUT2D eigenvalue weighted by atomic mass is 16.5. The number of aliphatic hydroxyl groups excluding tert-OH is 1. The van der Waals surface area contributed by atoms with E-state index in [4.69, 9.17) is 4.74 Å². The number of ether oxygens (including phenoxy) is 1. The van der Waals surface area contributed by atoms with Crippen molar-refractivity contribution in [3.63, 3.8) is 0 Å². The van der Waals surface area contributed by atoms with Gasteiger partial charge in [0.05, 0.1) is 13.7 Å². The van der Waals surface area contributed by atoms with E-state index in [0.717, 1.165) is 30.8 Å². The third kappa shape index (κ3) is 3.41. The number of rotatable bonds is 5.